The van der Waals surface area contributed by atoms with E-state index in [-0.39, 0.29) is 0 Å². The van der Waals surface area contributed by atoms with Gasteiger partial charge in [0.1, 0.15) is 5.82 Å². The molecule has 0 saturated carbocycles. The van der Waals surface area contributed by atoms with E-state index in [4.69, 9.17) is 25.4 Å². The standard InChI is InChI=1S/C22H22F3N3.2C4H4O4/c1-2-27-10-12-28(13-11-27)21-15-19(18-8-3-4-9-20(18)26-21)16-6-5-7-17(14-16)22(23,24)25;2*5-3(6)1-2-4(7)8/h3-9,14-15H,2,10-13H2,1H3;2*1-2H,(H,5,6)(H,7,8)/b;2*2-1-. The van der Waals surface area contributed by atoms with Crippen molar-refractivity contribution < 1.29 is 52.8 Å². The molecule has 1 saturated heterocycles. The van der Waals surface area contributed by atoms with Gasteiger partial charge in [-0.1, -0.05) is 37.3 Å². The largest absolute Gasteiger partial charge is 0.478 e. The Hall–Kier alpha value is -5.24. The van der Waals surface area contributed by atoms with E-state index in [1.165, 1.54) is 12.1 Å². The third kappa shape index (κ3) is 11.6. The second kappa shape index (κ2) is 16.4. The van der Waals surface area contributed by atoms with E-state index in [0.717, 1.165) is 61.1 Å². The highest BCUT2D eigenvalue weighted by atomic mass is 19.4. The Labute approximate surface area is 249 Å². The molecular formula is C30H30F3N3O8. The summed E-state index contributed by atoms with van der Waals surface area (Å²) in [5.41, 5.74) is 1.50. The van der Waals surface area contributed by atoms with Crippen LogP contribution in [0.25, 0.3) is 22.0 Å². The van der Waals surface area contributed by atoms with Crippen molar-refractivity contribution in [2.24, 2.45) is 0 Å². The van der Waals surface area contributed by atoms with Gasteiger partial charge in [-0.05, 0) is 41.9 Å². The van der Waals surface area contributed by atoms with Gasteiger partial charge in [0.15, 0.2) is 0 Å². The molecule has 11 nitrogen and oxygen atoms in total. The Morgan fingerprint density at radius 2 is 1.30 bits per heavy atom. The van der Waals surface area contributed by atoms with Gasteiger partial charge in [0.05, 0.1) is 11.1 Å². The van der Waals surface area contributed by atoms with E-state index in [0.29, 0.717) is 29.9 Å². The molecule has 0 radical (unpaired) electrons. The van der Waals surface area contributed by atoms with E-state index >= 15 is 0 Å². The molecule has 0 unspecified atom stereocenters. The second-order valence-corrected chi connectivity index (χ2v) is 9.06. The minimum Gasteiger partial charge on any atom is -0.478 e. The number of pyridine rings is 1. The second-order valence-electron chi connectivity index (χ2n) is 9.06. The van der Waals surface area contributed by atoms with Crippen LogP contribution in [0.1, 0.15) is 12.5 Å². The number of piperazine rings is 1. The molecule has 44 heavy (non-hydrogen) atoms. The number of carboxylic acid groups (broad SMARTS) is 4. The monoisotopic (exact) mass is 617 g/mol. The summed E-state index contributed by atoms with van der Waals surface area (Å²) >= 11 is 0. The van der Waals surface area contributed by atoms with Crippen LogP contribution in [0.5, 0.6) is 0 Å². The highest BCUT2D eigenvalue weighted by Gasteiger charge is 2.30. The maximum Gasteiger partial charge on any atom is 0.416 e. The number of para-hydroxylation sites is 1. The van der Waals surface area contributed by atoms with Crippen LogP contribution in [-0.2, 0) is 25.4 Å². The quantitative estimate of drug-likeness (QED) is 0.276. The van der Waals surface area contributed by atoms with Gasteiger partial charge in [-0.3, -0.25) is 0 Å². The molecule has 0 aliphatic carbocycles. The third-order valence-electron chi connectivity index (χ3n) is 6.08. The van der Waals surface area contributed by atoms with Crippen LogP contribution in [0.3, 0.4) is 0 Å². The number of hydrogen-bond donors (Lipinski definition) is 4. The smallest absolute Gasteiger partial charge is 0.416 e. The minimum atomic E-state index is -4.36. The van der Waals surface area contributed by atoms with Crippen molar-refractivity contribution in [1.82, 2.24) is 9.88 Å². The molecule has 1 aliphatic heterocycles. The molecule has 4 rings (SSSR count). The van der Waals surface area contributed by atoms with E-state index in [1.807, 2.05) is 30.3 Å². The van der Waals surface area contributed by atoms with Crippen LogP contribution >= 0.6 is 0 Å². The summed E-state index contributed by atoms with van der Waals surface area (Å²) < 4.78 is 39.6. The summed E-state index contributed by atoms with van der Waals surface area (Å²) in [5, 5.41) is 32.1. The summed E-state index contributed by atoms with van der Waals surface area (Å²) in [7, 11) is 0. The number of carboxylic acids is 4. The zero-order valence-electron chi connectivity index (χ0n) is 23.4. The first-order valence-electron chi connectivity index (χ1n) is 13.0. The molecule has 1 aliphatic rings. The average molecular weight is 618 g/mol. The molecular weight excluding hydrogens is 587 g/mol. The lowest BCUT2D eigenvalue weighted by atomic mass is 9.99. The van der Waals surface area contributed by atoms with Crippen molar-refractivity contribution >= 4 is 40.6 Å². The Bertz CT molecular complexity index is 1470. The first-order chi connectivity index (χ1) is 20.7. The number of aromatic nitrogens is 1. The lowest BCUT2D eigenvalue weighted by Crippen LogP contribution is -2.46. The molecule has 2 heterocycles. The van der Waals surface area contributed by atoms with E-state index in [2.05, 4.69) is 16.7 Å². The number of likely N-dealkylation sites (N-methyl/N-ethyl adjacent to an activating group) is 1. The Balaban J connectivity index is 0.000000349. The van der Waals surface area contributed by atoms with E-state index in [1.54, 1.807) is 6.07 Å². The number of fused-ring (bicyclic) bond motifs is 1. The molecule has 0 bridgehead atoms. The molecule has 3 aromatic rings. The average Bonchev–Trinajstić information content (AvgIpc) is 2.99. The van der Waals surface area contributed by atoms with Gasteiger partial charge in [-0.15, -0.1) is 0 Å². The number of carbonyl (C=O) groups is 4. The number of anilines is 1. The van der Waals surface area contributed by atoms with Gasteiger partial charge in [-0.25, -0.2) is 24.2 Å². The molecule has 2 aromatic carbocycles. The third-order valence-corrected chi connectivity index (χ3v) is 6.08. The van der Waals surface area contributed by atoms with Crippen molar-refractivity contribution in [1.29, 1.82) is 0 Å². The first-order valence-corrected chi connectivity index (χ1v) is 13.0. The molecule has 0 spiro atoms. The number of hydrogen-bond acceptors (Lipinski definition) is 7. The maximum absolute atomic E-state index is 13.2. The zero-order chi connectivity index (χ0) is 32.9. The first kappa shape index (κ1) is 35.0. The van der Waals surface area contributed by atoms with Crippen LogP contribution in [0.2, 0.25) is 0 Å². The number of alkyl halides is 3. The van der Waals surface area contributed by atoms with Crippen molar-refractivity contribution in [2.75, 3.05) is 37.6 Å². The SMILES string of the molecule is CCN1CCN(c2cc(-c3cccc(C(F)(F)F)c3)c3ccccc3n2)CC1.O=C(O)/C=C\C(=O)O.O=C(O)/C=C\C(=O)O. The maximum atomic E-state index is 13.2. The molecule has 234 valence electrons. The van der Waals surface area contributed by atoms with Crippen LogP contribution in [-0.4, -0.2) is 86.9 Å². The van der Waals surface area contributed by atoms with Gasteiger partial charge in [-0.2, -0.15) is 13.2 Å². The summed E-state index contributed by atoms with van der Waals surface area (Å²) in [6, 6.07) is 15.1. The number of aliphatic carboxylic acids is 4. The summed E-state index contributed by atoms with van der Waals surface area (Å²) in [5.74, 6) is -4.21. The number of rotatable bonds is 7. The van der Waals surface area contributed by atoms with Crippen molar-refractivity contribution in [3.8, 4) is 11.1 Å². The number of nitrogens with zero attached hydrogens (tertiary/aromatic N) is 3. The highest BCUT2D eigenvalue weighted by molar-refractivity contribution is 5.96. The van der Waals surface area contributed by atoms with Crippen LogP contribution in [0, 0.1) is 0 Å². The topological polar surface area (TPSA) is 169 Å². The fourth-order valence-corrected chi connectivity index (χ4v) is 4.00. The van der Waals surface area contributed by atoms with Crippen molar-refractivity contribution in [3.05, 3.63) is 84.5 Å². The molecule has 1 fully saturated rings. The lowest BCUT2D eigenvalue weighted by molar-refractivity contribution is -0.137. The van der Waals surface area contributed by atoms with Gasteiger partial charge >= 0.3 is 30.1 Å². The fraction of sp³-hybridized carbons (Fsp3) is 0.233. The zero-order valence-corrected chi connectivity index (χ0v) is 23.4. The summed E-state index contributed by atoms with van der Waals surface area (Å²) in [4.78, 5) is 47.6. The molecule has 4 N–H and O–H groups in total. The summed E-state index contributed by atoms with van der Waals surface area (Å²) in [6.45, 7) is 6.82. The van der Waals surface area contributed by atoms with E-state index < -0.39 is 35.6 Å². The van der Waals surface area contributed by atoms with E-state index in [9.17, 15) is 32.3 Å². The van der Waals surface area contributed by atoms with Gasteiger partial charge in [0.2, 0.25) is 0 Å². The number of benzene rings is 2. The minimum absolute atomic E-state index is 0.557. The molecule has 0 amide bonds. The van der Waals surface area contributed by atoms with Gasteiger partial charge in [0.25, 0.3) is 0 Å². The highest BCUT2D eigenvalue weighted by Crippen LogP contribution is 2.36. The fourth-order valence-electron chi connectivity index (χ4n) is 4.00. The Kier molecular flexibility index (Phi) is 13.0. The number of halogens is 3. The summed E-state index contributed by atoms with van der Waals surface area (Å²) in [6.07, 6.45) is -2.13. The predicted octanol–water partition coefficient (Wildman–Crippen LogP) is 4.49. The van der Waals surface area contributed by atoms with Crippen LogP contribution in [0.4, 0.5) is 19.0 Å². The lowest BCUT2D eigenvalue weighted by Gasteiger charge is -2.35. The molecule has 0 atom stereocenters. The van der Waals surface area contributed by atoms with Gasteiger partial charge < -0.3 is 30.2 Å². The molecule has 1 aromatic heterocycles. The van der Waals surface area contributed by atoms with Crippen molar-refractivity contribution in [3.63, 3.8) is 0 Å². The molecule has 14 heteroatoms. The Morgan fingerprint density at radius 1 is 0.773 bits per heavy atom. The van der Waals surface area contributed by atoms with Crippen molar-refractivity contribution in [2.45, 2.75) is 13.1 Å². The Morgan fingerprint density at radius 3 is 1.77 bits per heavy atom. The normalized spacial score (nSPS) is 13.6. The van der Waals surface area contributed by atoms with Gasteiger partial charge in [0, 0.05) is 55.9 Å². The van der Waals surface area contributed by atoms with Crippen LogP contribution in [0.15, 0.2) is 78.9 Å². The van der Waals surface area contributed by atoms with Crippen LogP contribution < -0.4 is 4.90 Å². The predicted molar refractivity (Wildman–Crippen MR) is 155 cm³/mol.